The molecule has 0 saturated carbocycles. The van der Waals surface area contributed by atoms with Gasteiger partial charge in [-0.05, 0) is 101 Å². The summed E-state index contributed by atoms with van der Waals surface area (Å²) in [6.07, 6.45) is -7.45. The third kappa shape index (κ3) is 11.9. The molecule has 334 valence electrons. The summed E-state index contributed by atoms with van der Waals surface area (Å²) in [5.41, 5.74) is -4.46. The van der Waals surface area contributed by atoms with Crippen LogP contribution in [0.4, 0.5) is 0 Å². The zero-order chi connectivity index (χ0) is 43.4. The van der Waals surface area contributed by atoms with Gasteiger partial charge in [-0.3, -0.25) is 9.59 Å². The molecule has 1 unspecified atom stereocenters. The molecule has 3 heterocycles. The van der Waals surface area contributed by atoms with Crippen molar-refractivity contribution in [3.8, 4) is 0 Å². The first-order valence-corrected chi connectivity index (χ1v) is 21.1. The van der Waals surface area contributed by atoms with E-state index in [-0.39, 0.29) is 49.7 Å². The highest BCUT2D eigenvalue weighted by Gasteiger charge is 2.53. The first-order chi connectivity index (χ1) is 26.3. The monoisotopic (exact) mass is 819 g/mol. The summed E-state index contributed by atoms with van der Waals surface area (Å²) < 4.78 is 44.3. The fraction of sp³-hybridized carbons (Fsp3) is 0.952. The first-order valence-electron chi connectivity index (χ1n) is 21.1. The number of esters is 2. The fourth-order valence-corrected chi connectivity index (χ4v) is 9.26. The summed E-state index contributed by atoms with van der Waals surface area (Å²) in [5, 5.41) is 47.1. The summed E-state index contributed by atoms with van der Waals surface area (Å²) in [7, 11) is 7.17. The van der Waals surface area contributed by atoms with Crippen molar-refractivity contribution in [2.24, 2.45) is 17.8 Å². The maximum Gasteiger partial charge on any atom is 0.311 e. The van der Waals surface area contributed by atoms with E-state index in [2.05, 4.69) is 0 Å². The summed E-state index contributed by atoms with van der Waals surface area (Å²) in [5.74, 6) is -3.08. The molecule has 0 bridgehead atoms. The fourth-order valence-electron chi connectivity index (χ4n) is 9.26. The van der Waals surface area contributed by atoms with E-state index >= 15 is 0 Å². The van der Waals surface area contributed by atoms with Gasteiger partial charge in [-0.15, -0.1) is 0 Å². The maximum atomic E-state index is 14.4. The van der Waals surface area contributed by atoms with Crippen LogP contribution in [0, 0.1) is 17.8 Å². The van der Waals surface area contributed by atoms with E-state index in [4.69, 9.17) is 33.2 Å². The largest absolute Gasteiger partial charge is 0.459 e. The number of aliphatic hydroxyl groups excluding tert-OH is 2. The number of aliphatic hydroxyl groups is 4. The molecule has 3 rings (SSSR count). The Labute approximate surface area is 341 Å². The zero-order valence-electron chi connectivity index (χ0n) is 37.5. The Bertz CT molecular complexity index is 1290. The van der Waals surface area contributed by atoms with Gasteiger partial charge in [-0.1, -0.05) is 27.7 Å². The molecule has 15 heteroatoms. The van der Waals surface area contributed by atoms with Gasteiger partial charge in [0.1, 0.15) is 23.9 Å². The highest BCUT2D eigenvalue weighted by molar-refractivity contribution is 5.73. The Hall–Kier alpha value is -1.50. The zero-order valence-corrected chi connectivity index (χ0v) is 37.5. The molecular formula is C42H78N2O13. The van der Waals surface area contributed by atoms with Crippen molar-refractivity contribution in [3.63, 3.8) is 0 Å². The average Bonchev–Trinajstić information content (AvgIpc) is 3.12. The Morgan fingerprint density at radius 3 is 2.14 bits per heavy atom. The lowest BCUT2D eigenvalue weighted by Gasteiger charge is -2.49. The molecule has 3 saturated heterocycles. The van der Waals surface area contributed by atoms with Crippen molar-refractivity contribution in [3.05, 3.63) is 0 Å². The molecule has 57 heavy (non-hydrogen) atoms. The van der Waals surface area contributed by atoms with E-state index in [0.29, 0.717) is 19.4 Å². The van der Waals surface area contributed by atoms with Crippen LogP contribution in [0.3, 0.4) is 0 Å². The van der Waals surface area contributed by atoms with Crippen molar-refractivity contribution in [2.45, 2.75) is 205 Å². The lowest BCUT2D eigenvalue weighted by atomic mass is 9.77. The quantitative estimate of drug-likeness (QED) is 0.235. The molecule has 0 aromatic heterocycles. The Balaban J connectivity index is 2.23. The average molecular weight is 819 g/mol. The molecule has 0 radical (unpaired) electrons. The molecule has 18 atom stereocenters. The molecule has 15 nitrogen and oxygen atoms in total. The predicted octanol–water partition coefficient (Wildman–Crippen LogP) is 3.25. The number of hydrogen-bond donors (Lipinski definition) is 4. The minimum Gasteiger partial charge on any atom is -0.459 e. The van der Waals surface area contributed by atoms with Gasteiger partial charge in [-0.2, -0.15) is 0 Å². The van der Waals surface area contributed by atoms with Crippen LogP contribution in [0.15, 0.2) is 0 Å². The number of nitrogens with zero attached hydrogens (tertiary/aromatic N) is 2. The highest BCUT2D eigenvalue weighted by atomic mass is 16.7. The molecule has 4 N–H and O–H groups in total. The number of rotatable bonds is 10. The number of carbonyl (C=O) groups is 2. The summed E-state index contributed by atoms with van der Waals surface area (Å²) in [6, 6.07) is -0.822. The predicted molar refractivity (Wildman–Crippen MR) is 213 cm³/mol. The van der Waals surface area contributed by atoms with Crippen molar-refractivity contribution < 1.29 is 63.2 Å². The second-order valence-electron chi connectivity index (χ2n) is 18.4. The molecule has 0 aromatic rings. The molecule has 0 spiro atoms. The number of hydrogen-bond acceptors (Lipinski definition) is 15. The van der Waals surface area contributed by atoms with E-state index in [1.54, 1.807) is 41.5 Å². The number of methoxy groups -OCH3 is 1. The molecule has 0 aromatic carbocycles. The van der Waals surface area contributed by atoms with Crippen LogP contribution in [0.2, 0.25) is 0 Å². The third-order valence-electron chi connectivity index (χ3n) is 12.9. The van der Waals surface area contributed by atoms with Crippen molar-refractivity contribution in [2.75, 3.05) is 34.8 Å². The van der Waals surface area contributed by atoms with Crippen LogP contribution >= 0.6 is 0 Å². The van der Waals surface area contributed by atoms with Gasteiger partial charge in [0.2, 0.25) is 0 Å². The van der Waals surface area contributed by atoms with Crippen LogP contribution in [0.25, 0.3) is 0 Å². The second-order valence-corrected chi connectivity index (χ2v) is 18.4. The Kier molecular flexibility index (Phi) is 17.8. The topological polar surface area (TPSA) is 186 Å². The van der Waals surface area contributed by atoms with Gasteiger partial charge < -0.3 is 63.4 Å². The van der Waals surface area contributed by atoms with Gasteiger partial charge in [0.05, 0.1) is 47.6 Å². The molecule has 0 amide bonds. The van der Waals surface area contributed by atoms with Crippen LogP contribution in [-0.2, 0) is 42.7 Å². The lowest BCUT2D eigenvalue weighted by Crippen LogP contribution is -2.61. The van der Waals surface area contributed by atoms with E-state index in [9.17, 15) is 30.0 Å². The Morgan fingerprint density at radius 2 is 1.58 bits per heavy atom. The van der Waals surface area contributed by atoms with Gasteiger partial charge in [0, 0.05) is 38.5 Å². The van der Waals surface area contributed by atoms with Crippen molar-refractivity contribution >= 4 is 11.9 Å². The van der Waals surface area contributed by atoms with Crippen LogP contribution in [0.5, 0.6) is 0 Å². The van der Waals surface area contributed by atoms with Gasteiger partial charge in [0.25, 0.3) is 0 Å². The van der Waals surface area contributed by atoms with Crippen LogP contribution in [-0.4, -0.2) is 167 Å². The van der Waals surface area contributed by atoms with Crippen LogP contribution in [0.1, 0.15) is 115 Å². The maximum absolute atomic E-state index is 14.4. The second kappa shape index (κ2) is 20.4. The summed E-state index contributed by atoms with van der Waals surface area (Å²) in [4.78, 5) is 31.3. The van der Waals surface area contributed by atoms with E-state index < -0.39 is 96.0 Å². The molecule has 0 aliphatic carbocycles. The van der Waals surface area contributed by atoms with Gasteiger partial charge in [-0.25, -0.2) is 0 Å². The standard InChI is InChI=1S/C42H78N2O13/c1-16-18-31(45)55-34-29(43(12)13)19-24(4)52-39(34)57-37-25(5)33(56-32-21-41(10,51-15)36(47)28(8)53-32)26(6)38(48)54-30(17-2)42(11,50)35(46)27(7)44(14)22-23(3)20-40(37,9)49/h23-30,32-37,39,46-47,49-50H,16-22H2,1-15H3/t23-,24-,25+,26-,27-,28+,29?,30-,32+,33+,34-,35-,36+,37-,39+,40-,41-,42-/m1/s1. The minimum absolute atomic E-state index is 0.116. The Morgan fingerprint density at radius 1 is 0.947 bits per heavy atom. The van der Waals surface area contributed by atoms with E-state index in [1.807, 2.05) is 58.6 Å². The normalized spacial score (nSPS) is 46.2. The minimum atomic E-state index is -1.82. The molecule has 3 fully saturated rings. The smallest absolute Gasteiger partial charge is 0.311 e. The first kappa shape index (κ1) is 49.9. The summed E-state index contributed by atoms with van der Waals surface area (Å²) >= 11 is 0. The molecule has 3 aliphatic heterocycles. The van der Waals surface area contributed by atoms with Crippen molar-refractivity contribution in [1.82, 2.24) is 9.80 Å². The third-order valence-corrected chi connectivity index (χ3v) is 12.9. The van der Waals surface area contributed by atoms with E-state index in [0.717, 1.165) is 0 Å². The van der Waals surface area contributed by atoms with E-state index in [1.165, 1.54) is 14.0 Å². The number of likely N-dealkylation sites (N-methyl/N-ethyl adjacent to an activating group) is 2. The van der Waals surface area contributed by atoms with Gasteiger partial charge in [0.15, 0.2) is 18.7 Å². The van der Waals surface area contributed by atoms with Crippen LogP contribution < -0.4 is 0 Å². The SMILES string of the molecule is CCCC(=O)O[C@@H]1C(N(C)C)C[C@@H](C)O[C@H]1O[C@@H]1[C@@H](C)[C@H](O[C@H]2C[C@@](C)(OC)[C@@H](O)[C@H](C)O2)[C@@H](C)C(=O)O[C@H](CC)[C@@](C)(O)[C@H](O)[C@@H](C)N(C)C[C@H](C)C[C@@]1(C)O. The van der Waals surface area contributed by atoms with Crippen molar-refractivity contribution in [1.29, 1.82) is 0 Å². The molecular weight excluding hydrogens is 740 g/mol. The number of cyclic esters (lactones) is 1. The summed E-state index contributed by atoms with van der Waals surface area (Å²) in [6.45, 7) is 19.9. The lowest BCUT2D eigenvalue weighted by molar-refractivity contribution is -0.319. The highest BCUT2D eigenvalue weighted by Crippen LogP contribution is 2.40. The van der Waals surface area contributed by atoms with Gasteiger partial charge >= 0.3 is 11.9 Å². The molecule has 3 aliphatic rings. The number of carbonyl (C=O) groups excluding carboxylic acids is 2. The number of ether oxygens (including phenoxy) is 7.